The lowest BCUT2D eigenvalue weighted by Crippen LogP contribution is -2.18. The van der Waals surface area contributed by atoms with Crippen molar-refractivity contribution in [2.45, 2.75) is 20.5 Å². The largest absolute Gasteiger partial charge is 0.482 e. The Morgan fingerprint density at radius 1 is 1.24 bits per heavy atom. The summed E-state index contributed by atoms with van der Waals surface area (Å²) in [5.41, 5.74) is 1.20. The molecule has 0 radical (unpaired) electrons. The van der Waals surface area contributed by atoms with Gasteiger partial charge in [0, 0.05) is 5.69 Å². The first-order chi connectivity index (χ1) is 10.1. The van der Waals surface area contributed by atoms with E-state index in [4.69, 9.17) is 9.47 Å². The van der Waals surface area contributed by atoms with Crippen molar-refractivity contribution >= 4 is 5.97 Å². The lowest BCUT2D eigenvalue weighted by atomic mass is 10.2. The molecule has 0 atom stereocenters. The van der Waals surface area contributed by atoms with Gasteiger partial charge in [-0.2, -0.15) is 0 Å². The normalized spacial score (nSPS) is 10.2. The summed E-state index contributed by atoms with van der Waals surface area (Å²) < 4.78 is 10.5. The van der Waals surface area contributed by atoms with Crippen LogP contribution in [-0.4, -0.2) is 17.6 Å². The van der Waals surface area contributed by atoms with Gasteiger partial charge < -0.3 is 14.5 Å². The first kappa shape index (κ1) is 14.8. The van der Waals surface area contributed by atoms with Crippen LogP contribution in [0, 0.1) is 6.92 Å². The van der Waals surface area contributed by atoms with E-state index in [0.717, 1.165) is 5.56 Å². The zero-order valence-electron chi connectivity index (χ0n) is 12.0. The minimum atomic E-state index is -0.560. The summed E-state index contributed by atoms with van der Waals surface area (Å²) in [6.07, 6.45) is 0. The van der Waals surface area contributed by atoms with E-state index in [-0.39, 0.29) is 24.5 Å². The van der Waals surface area contributed by atoms with Gasteiger partial charge >= 0.3 is 5.97 Å². The molecule has 0 spiro atoms. The quantitative estimate of drug-likeness (QED) is 0.858. The summed E-state index contributed by atoms with van der Waals surface area (Å²) in [4.78, 5) is 26.6. The molecule has 0 bridgehead atoms. The highest BCUT2D eigenvalue weighted by atomic mass is 16.5. The number of hydrogen-bond donors (Lipinski definition) is 1. The number of ether oxygens (including phenoxy) is 2. The van der Waals surface area contributed by atoms with Crippen LogP contribution in [0.25, 0.3) is 0 Å². The molecule has 0 unspecified atom stereocenters. The van der Waals surface area contributed by atoms with E-state index in [9.17, 15) is 9.59 Å². The van der Waals surface area contributed by atoms with Crippen LogP contribution in [0.5, 0.6) is 5.75 Å². The Morgan fingerprint density at radius 2 is 1.95 bits per heavy atom. The van der Waals surface area contributed by atoms with Crippen molar-refractivity contribution in [1.82, 2.24) is 4.98 Å². The minimum Gasteiger partial charge on any atom is -0.482 e. The Hall–Kier alpha value is -2.56. The van der Waals surface area contributed by atoms with Crippen LogP contribution in [0.4, 0.5) is 0 Å². The van der Waals surface area contributed by atoms with Crippen LogP contribution < -0.4 is 10.3 Å². The van der Waals surface area contributed by atoms with Gasteiger partial charge in [0.25, 0.3) is 5.56 Å². The van der Waals surface area contributed by atoms with Crippen molar-refractivity contribution in [3.63, 3.8) is 0 Å². The Morgan fingerprint density at radius 3 is 2.62 bits per heavy atom. The first-order valence-electron chi connectivity index (χ1n) is 6.69. The third kappa shape index (κ3) is 3.72. The molecule has 0 fully saturated rings. The van der Waals surface area contributed by atoms with Crippen molar-refractivity contribution in [3.8, 4) is 5.75 Å². The molecule has 0 saturated carbocycles. The molecule has 2 aromatic rings. The second-order valence-electron chi connectivity index (χ2n) is 4.52. The number of pyridine rings is 1. The lowest BCUT2D eigenvalue weighted by Gasteiger charge is -2.11. The molecule has 1 aromatic carbocycles. The molecule has 21 heavy (non-hydrogen) atoms. The molecule has 0 saturated heterocycles. The summed E-state index contributed by atoms with van der Waals surface area (Å²) in [5, 5.41) is 0. The average molecular weight is 287 g/mol. The minimum absolute atomic E-state index is 0.0112. The Kier molecular flexibility index (Phi) is 4.77. The number of aromatic nitrogens is 1. The fourth-order valence-electron chi connectivity index (χ4n) is 1.91. The SMILES string of the molecule is CCOC(=O)c1cc(C)[nH]c(=O)c1OCc1ccccc1. The van der Waals surface area contributed by atoms with E-state index >= 15 is 0 Å². The van der Waals surface area contributed by atoms with E-state index in [1.807, 2.05) is 30.3 Å². The smallest absolute Gasteiger partial charge is 0.342 e. The number of aromatic amines is 1. The third-order valence-electron chi connectivity index (χ3n) is 2.84. The van der Waals surface area contributed by atoms with Crippen LogP contribution in [0.15, 0.2) is 41.2 Å². The maximum atomic E-state index is 12.0. The predicted molar refractivity (Wildman–Crippen MR) is 78.5 cm³/mol. The van der Waals surface area contributed by atoms with E-state index in [1.165, 1.54) is 0 Å². The number of carbonyl (C=O) groups is 1. The van der Waals surface area contributed by atoms with Gasteiger partial charge in [0.05, 0.1) is 6.61 Å². The van der Waals surface area contributed by atoms with Crippen molar-refractivity contribution in [1.29, 1.82) is 0 Å². The Balaban J connectivity index is 2.29. The molecule has 0 aliphatic heterocycles. The number of H-pyrrole nitrogens is 1. The van der Waals surface area contributed by atoms with Crippen molar-refractivity contribution in [2.24, 2.45) is 0 Å². The second kappa shape index (κ2) is 6.74. The molecule has 5 nitrogen and oxygen atoms in total. The maximum absolute atomic E-state index is 12.0. The molecular weight excluding hydrogens is 270 g/mol. The standard InChI is InChI=1S/C16H17NO4/c1-3-20-16(19)13-9-11(2)17-15(18)14(13)21-10-12-7-5-4-6-8-12/h4-9H,3,10H2,1-2H3,(H,17,18). The van der Waals surface area contributed by atoms with Crippen LogP contribution in [0.2, 0.25) is 0 Å². The molecule has 1 heterocycles. The maximum Gasteiger partial charge on any atom is 0.342 e. The van der Waals surface area contributed by atoms with Crippen molar-refractivity contribution in [3.05, 3.63) is 63.6 Å². The molecule has 5 heteroatoms. The van der Waals surface area contributed by atoms with Gasteiger partial charge in [0.2, 0.25) is 0 Å². The van der Waals surface area contributed by atoms with Gasteiger partial charge in [-0.1, -0.05) is 30.3 Å². The number of carbonyl (C=O) groups excluding carboxylic acids is 1. The van der Waals surface area contributed by atoms with E-state index in [0.29, 0.717) is 5.69 Å². The van der Waals surface area contributed by atoms with E-state index in [1.54, 1.807) is 19.9 Å². The number of aryl methyl sites for hydroxylation is 1. The van der Waals surface area contributed by atoms with Crippen molar-refractivity contribution < 1.29 is 14.3 Å². The zero-order chi connectivity index (χ0) is 15.2. The van der Waals surface area contributed by atoms with E-state index < -0.39 is 11.5 Å². The Bertz CT molecular complexity index is 676. The number of hydrogen-bond acceptors (Lipinski definition) is 4. The third-order valence-corrected chi connectivity index (χ3v) is 2.84. The highest BCUT2D eigenvalue weighted by molar-refractivity contribution is 5.92. The van der Waals surface area contributed by atoms with Crippen molar-refractivity contribution in [2.75, 3.05) is 6.61 Å². The molecule has 0 aliphatic rings. The highest BCUT2D eigenvalue weighted by Crippen LogP contribution is 2.16. The zero-order valence-corrected chi connectivity index (χ0v) is 12.0. The number of nitrogens with one attached hydrogen (secondary N) is 1. The van der Waals surface area contributed by atoms with Gasteiger partial charge in [-0.25, -0.2) is 4.79 Å². The van der Waals surface area contributed by atoms with Gasteiger partial charge in [0.1, 0.15) is 12.2 Å². The second-order valence-corrected chi connectivity index (χ2v) is 4.52. The fraction of sp³-hybridized carbons (Fsp3) is 0.250. The molecule has 2 rings (SSSR count). The predicted octanol–water partition coefficient (Wildman–Crippen LogP) is 2.44. The van der Waals surface area contributed by atoms with Gasteiger partial charge in [0.15, 0.2) is 5.75 Å². The van der Waals surface area contributed by atoms with Gasteiger partial charge in [-0.3, -0.25) is 4.79 Å². The topological polar surface area (TPSA) is 68.4 Å². The molecule has 1 aromatic heterocycles. The van der Waals surface area contributed by atoms with E-state index in [2.05, 4.69) is 4.98 Å². The number of esters is 1. The lowest BCUT2D eigenvalue weighted by molar-refractivity contribution is 0.0520. The molecular formula is C16H17NO4. The van der Waals surface area contributed by atoms with Gasteiger partial charge in [-0.05, 0) is 25.5 Å². The Labute approximate surface area is 122 Å². The number of benzene rings is 1. The van der Waals surface area contributed by atoms with Crippen LogP contribution in [0.3, 0.4) is 0 Å². The molecule has 110 valence electrons. The molecule has 1 N–H and O–H groups in total. The summed E-state index contributed by atoms with van der Waals surface area (Å²) >= 11 is 0. The van der Waals surface area contributed by atoms with Crippen LogP contribution >= 0.6 is 0 Å². The van der Waals surface area contributed by atoms with Crippen LogP contribution in [0.1, 0.15) is 28.5 Å². The fourth-order valence-corrected chi connectivity index (χ4v) is 1.91. The van der Waals surface area contributed by atoms with Crippen LogP contribution in [-0.2, 0) is 11.3 Å². The summed E-state index contributed by atoms with van der Waals surface area (Å²) in [5.74, 6) is -0.572. The number of rotatable bonds is 5. The molecule has 0 aliphatic carbocycles. The molecule has 0 amide bonds. The first-order valence-corrected chi connectivity index (χ1v) is 6.69. The summed E-state index contributed by atoms with van der Waals surface area (Å²) in [6.45, 7) is 3.86. The summed E-state index contributed by atoms with van der Waals surface area (Å²) in [7, 11) is 0. The monoisotopic (exact) mass is 287 g/mol. The average Bonchev–Trinajstić information content (AvgIpc) is 2.47. The van der Waals surface area contributed by atoms with Gasteiger partial charge in [-0.15, -0.1) is 0 Å². The summed E-state index contributed by atoms with van der Waals surface area (Å²) in [6, 6.07) is 11.0. The highest BCUT2D eigenvalue weighted by Gasteiger charge is 2.18.